The van der Waals surface area contributed by atoms with E-state index in [-0.39, 0.29) is 5.91 Å². The van der Waals surface area contributed by atoms with Gasteiger partial charge in [0.25, 0.3) is 5.91 Å². The van der Waals surface area contributed by atoms with E-state index < -0.39 is 0 Å². The molecule has 0 bridgehead atoms. The standard InChI is InChI=1S/C21H28N2O3/c1-15(2)16-6-7-17(20(13-16)25-3)14-22-18-8-10-23(11-9-18)21(24)19-5-4-12-26-19/h4-7,12-13,15,18,22H,8-11,14H2,1-3H3. The Labute approximate surface area is 155 Å². The van der Waals surface area contributed by atoms with E-state index in [1.54, 1.807) is 25.5 Å². The molecule has 3 rings (SSSR count). The minimum absolute atomic E-state index is 0.0145. The Hall–Kier alpha value is -2.27. The van der Waals surface area contributed by atoms with E-state index in [1.807, 2.05) is 4.90 Å². The summed E-state index contributed by atoms with van der Waals surface area (Å²) in [7, 11) is 1.72. The maximum Gasteiger partial charge on any atom is 0.289 e. The largest absolute Gasteiger partial charge is 0.496 e. The van der Waals surface area contributed by atoms with Gasteiger partial charge in [0, 0.05) is 31.2 Å². The monoisotopic (exact) mass is 356 g/mol. The first-order valence-corrected chi connectivity index (χ1v) is 9.31. The number of hydrogen-bond donors (Lipinski definition) is 1. The van der Waals surface area contributed by atoms with Crippen LogP contribution in [0.1, 0.15) is 54.3 Å². The first kappa shape index (κ1) is 18.5. The maximum absolute atomic E-state index is 12.3. The van der Waals surface area contributed by atoms with Crippen molar-refractivity contribution in [2.45, 2.75) is 45.2 Å². The molecule has 0 unspecified atom stereocenters. The first-order valence-electron chi connectivity index (χ1n) is 9.31. The summed E-state index contributed by atoms with van der Waals surface area (Å²) in [5, 5.41) is 3.61. The van der Waals surface area contributed by atoms with Crippen molar-refractivity contribution in [1.29, 1.82) is 0 Å². The Morgan fingerprint density at radius 1 is 1.31 bits per heavy atom. The number of furan rings is 1. The predicted molar refractivity (Wildman–Crippen MR) is 102 cm³/mol. The Morgan fingerprint density at radius 3 is 2.69 bits per heavy atom. The van der Waals surface area contributed by atoms with Crippen molar-refractivity contribution in [3.05, 3.63) is 53.5 Å². The van der Waals surface area contributed by atoms with E-state index in [2.05, 4.69) is 37.4 Å². The zero-order chi connectivity index (χ0) is 18.5. The molecular formula is C21H28N2O3. The van der Waals surface area contributed by atoms with Crippen LogP contribution in [0.4, 0.5) is 0 Å². The van der Waals surface area contributed by atoms with Gasteiger partial charge in [-0.25, -0.2) is 0 Å². The van der Waals surface area contributed by atoms with Crippen LogP contribution in [-0.4, -0.2) is 37.0 Å². The van der Waals surface area contributed by atoms with Gasteiger partial charge >= 0.3 is 0 Å². The Kier molecular flexibility index (Phi) is 5.99. The lowest BCUT2D eigenvalue weighted by Gasteiger charge is -2.32. The van der Waals surface area contributed by atoms with Crippen molar-refractivity contribution in [1.82, 2.24) is 10.2 Å². The fourth-order valence-corrected chi connectivity index (χ4v) is 3.36. The molecule has 1 N–H and O–H groups in total. The van der Waals surface area contributed by atoms with Crippen molar-refractivity contribution >= 4 is 5.91 Å². The van der Waals surface area contributed by atoms with Gasteiger partial charge in [-0.3, -0.25) is 4.79 Å². The zero-order valence-electron chi connectivity index (χ0n) is 15.8. The quantitative estimate of drug-likeness (QED) is 0.855. The minimum atomic E-state index is -0.0145. The van der Waals surface area contributed by atoms with E-state index in [1.165, 1.54) is 11.1 Å². The third-order valence-electron chi connectivity index (χ3n) is 5.07. The summed E-state index contributed by atoms with van der Waals surface area (Å²) in [4.78, 5) is 14.2. The molecule has 2 aromatic rings. The molecule has 26 heavy (non-hydrogen) atoms. The van der Waals surface area contributed by atoms with Gasteiger partial charge in [0.2, 0.25) is 0 Å². The summed E-state index contributed by atoms with van der Waals surface area (Å²) in [5.74, 6) is 1.84. The highest BCUT2D eigenvalue weighted by atomic mass is 16.5. The molecule has 1 fully saturated rings. The summed E-state index contributed by atoms with van der Waals surface area (Å²) in [6, 6.07) is 10.3. The molecule has 1 amide bonds. The third-order valence-corrected chi connectivity index (χ3v) is 5.07. The molecule has 0 spiro atoms. The Bertz CT molecular complexity index is 717. The van der Waals surface area contributed by atoms with Gasteiger partial charge in [-0.1, -0.05) is 26.0 Å². The second-order valence-electron chi connectivity index (χ2n) is 7.15. The van der Waals surface area contributed by atoms with Gasteiger partial charge in [-0.15, -0.1) is 0 Å². The second-order valence-corrected chi connectivity index (χ2v) is 7.15. The smallest absolute Gasteiger partial charge is 0.289 e. The van der Waals surface area contributed by atoms with Crippen LogP contribution in [0.5, 0.6) is 5.75 Å². The molecule has 1 aliphatic heterocycles. The minimum Gasteiger partial charge on any atom is -0.496 e. The van der Waals surface area contributed by atoms with Gasteiger partial charge in [-0.05, 0) is 42.5 Å². The molecule has 5 nitrogen and oxygen atoms in total. The average Bonchev–Trinajstić information content (AvgIpc) is 3.20. The SMILES string of the molecule is COc1cc(C(C)C)ccc1CNC1CCN(C(=O)c2ccco2)CC1. The van der Waals surface area contributed by atoms with Crippen LogP contribution in [0.2, 0.25) is 0 Å². The van der Waals surface area contributed by atoms with Crippen molar-refractivity contribution in [3.8, 4) is 5.75 Å². The van der Waals surface area contributed by atoms with Crippen molar-refractivity contribution < 1.29 is 13.9 Å². The summed E-state index contributed by atoms with van der Waals surface area (Å²) >= 11 is 0. The molecule has 0 saturated carbocycles. The predicted octanol–water partition coefficient (Wildman–Crippen LogP) is 3.81. The van der Waals surface area contributed by atoms with Crippen molar-refractivity contribution in [2.24, 2.45) is 0 Å². The zero-order valence-corrected chi connectivity index (χ0v) is 15.8. The number of hydrogen-bond acceptors (Lipinski definition) is 4. The number of amides is 1. The van der Waals surface area contributed by atoms with E-state index in [9.17, 15) is 4.79 Å². The van der Waals surface area contributed by atoms with Gasteiger partial charge in [0.15, 0.2) is 5.76 Å². The summed E-state index contributed by atoms with van der Waals surface area (Å²) in [6.45, 7) is 6.65. The number of carbonyl (C=O) groups excluding carboxylic acids is 1. The molecule has 1 aliphatic rings. The molecular weight excluding hydrogens is 328 g/mol. The Balaban J connectivity index is 1.52. The third kappa shape index (κ3) is 4.28. The van der Waals surface area contributed by atoms with Crippen LogP contribution in [0.3, 0.4) is 0 Å². The van der Waals surface area contributed by atoms with Crippen LogP contribution in [-0.2, 0) is 6.54 Å². The lowest BCUT2D eigenvalue weighted by Crippen LogP contribution is -2.44. The van der Waals surface area contributed by atoms with Crippen LogP contribution >= 0.6 is 0 Å². The van der Waals surface area contributed by atoms with E-state index in [0.29, 0.717) is 17.7 Å². The number of methoxy groups -OCH3 is 1. The summed E-state index contributed by atoms with van der Waals surface area (Å²) < 4.78 is 10.8. The van der Waals surface area contributed by atoms with Crippen LogP contribution in [0.25, 0.3) is 0 Å². The highest BCUT2D eigenvalue weighted by Gasteiger charge is 2.24. The van der Waals surface area contributed by atoms with Gasteiger partial charge in [0.1, 0.15) is 5.75 Å². The molecule has 1 aromatic heterocycles. The average molecular weight is 356 g/mol. The van der Waals surface area contributed by atoms with Crippen LogP contribution in [0, 0.1) is 0 Å². The molecule has 0 atom stereocenters. The Morgan fingerprint density at radius 2 is 2.08 bits per heavy atom. The number of carbonyl (C=O) groups is 1. The number of ether oxygens (including phenoxy) is 1. The number of benzene rings is 1. The number of likely N-dealkylation sites (tertiary alicyclic amines) is 1. The van der Waals surface area contributed by atoms with Crippen LogP contribution < -0.4 is 10.1 Å². The highest BCUT2D eigenvalue weighted by molar-refractivity contribution is 5.91. The van der Waals surface area contributed by atoms with Gasteiger partial charge in [-0.2, -0.15) is 0 Å². The molecule has 0 aliphatic carbocycles. The first-order chi connectivity index (χ1) is 12.6. The van der Waals surface area contributed by atoms with E-state index >= 15 is 0 Å². The van der Waals surface area contributed by atoms with Crippen LogP contribution in [0.15, 0.2) is 41.0 Å². The number of nitrogens with zero attached hydrogens (tertiary/aromatic N) is 1. The molecule has 2 heterocycles. The maximum atomic E-state index is 12.3. The summed E-state index contributed by atoms with van der Waals surface area (Å²) in [6.07, 6.45) is 3.43. The molecule has 0 radical (unpaired) electrons. The summed E-state index contributed by atoms with van der Waals surface area (Å²) in [5.41, 5.74) is 2.46. The fourth-order valence-electron chi connectivity index (χ4n) is 3.36. The number of piperidine rings is 1. The highest BCUT2D eigenvalue weighted by Crippen LogP contribution is 2.25. The molecule has 140 valence electrons. The molecule has 5 heteroatoms. The van der Waals surface area contributed by atoms with Crippen molar-refractivity contribution in [2.75, 3.05) is 20.2 Å². The topological polar surface area (TPSA) is 54.7 Å². The number of nitrogens with one attached hydrogen (secondary N) is 1. The normalized spacial score (nSPS) is 15.5. The van der Waals surface area contributed by atoms with Gasteiger partial charge < -0.3 is 19.4 Å². The second kappa shape index (κ2) is 8.41. The van der Waals surface area contributed by atoms with Crippen molar-refractivity contribution in [3.63, 3.8) is 0 Å². The van der Waals surface area contributed by atoms with E-state index in [4.69, 9.17) is 9.15 Å². The lowest BCUT2D eigenvalue weighted by atomic mass is 10.00. The van der Waals surface area contributed by atoms with E-state index in [0.717, 1.165) is 38.2 Å². The lowest BCUT2D eigenvalue weighted by molar-refractivity contribution is 0.0672. The van der Waals surface area contributed by atoms with Gasteiger partial charge in [0.05, 0.1) is 13.4 Å². The molecule has 1 saturated heterocycles. The number of rotatable bonds is 6. The fraction of sp³-hybridized carbons (Fsp3) is 0.476. The molecule has 1 aromatic carbocycles.